The molecule has 2 atom stereocenters. The van der Waals surface area contributed by atoms with Gasteiger partial charge in [-0.05, 0) is 36.1 Å². The second-order valence-corrected chi connectivity index (χ2v) is 13.5. The van der Waals surface area contributed by atoms with Crippen molar-refractivity contribution in [2.75, 3.05) is 6.61 Å². The third-order valence-corrected chi connectivity index (χ3v) is 12.4. The molecule has 0 saturated carbocycles. The van der Waals surface area contributed by atoms with E-state index in [4.69, 9.17) is 0 Å². The zero-order valence-electron chi connectivity index (χ0n) is 20.2. The number of carbonyl (C=O) groups excluding carboxylic acids is 1. The van der Waals surface area contributed by atoms with Crippen molar-refractivity contribution in [3.8, 4) is 0 Å². The first kappa shape index (κ1) is 24.6. The topological polar surface area (TPSA) is 49.3 Å². The maximum absolute atomic E-state index is 13.6. The molecule has 0 aromatic heterocycles. The number of aliphatic hydroxyl groups excluding tert-OH is 1. The van der Waals surface area contributed by atoms with Gasteiger partial charge in [-0.25, -0.2) is 0 Å². The summed E-state index contributed by atoms with van der Waals surface area (Å²) in [6.45, 7) is 2.21. The standard InChI is InChI=1S/C31H33NO2Si/c1-25(23-33)24-35(28-18-10-4-11-19-28,29-20-12-5-13-21-29)30(22-26-14-6-2-7-15-26)32-31(34)27-16-8-3-9-17-27/h2-21,25,30,33H,22-24H2,1H3,(H,32,34)/t25-,30-/m0/s1. The largest absolute Gasteiger partial charge is 0.396 e. The summed E-state index contributed by atoms with van der Waals surface area (Å²) >= 11 is 0. The van der Waals surface area contributed by atoms with Crippen LogP contribution in [0.25, 0.3) is 0 Å². The average Bonchev–Trinajstić information content (AvgIpc) is 2.93. The molecule has 0 aliphatic carbocycles. The van der Waals surface area contributed by atoms with E-state index in [0.29, 0.717) is 12.0 Å². The molecule has 4 aromatic rings. The Balaban J connectivity index is 1.91. The molecule has 0 unspecified atom stereocenters. The van der Waals surface area contributed by atoms with Crippen molar-refractivity contribution >= 4 is 24.4 Å². The van der Waals surface area contributed by atoms with E-state index < -0.39 is 8.07 Å². The Bertz CT molecular complexity index is 1140. The Hall–Kier alpha value is -3.47. The van der Waals surface area contributed by atoms with E-state index in [1.165, 1.54) is 15.9 Å². The third-order valence-electron chi connectivity index (χ3n) is 6.78. The summed E-state index contributed by atoms with van der Waals surface area (Å²) < 4.78 is 0. The minimum Gasteiger partial charge on any atom is -0.396 e. The lowest BCUT2D eigenvalue weighted by molar-refractivity contribution is 0.0947. The van der Waals surface area contributed by atoms with E-state index in [0.717, 1.165) is 6.04 Å². The molecule has 0 spiro atoms. The number of benzene rings is 4. The predicted octanol–water partition coefficient (Wildman–Crippen LogP) is 4.46. The van der Waals surface area contributed by atoms with Crippen LogP contribution in [0.4, 0.5) is 0 Å². The first-order valence-corrected chi connectivity index (χ1v) is 14.5. The van der Waals surface area contributed by atoms with Crippen molar-refractivity contribution in [1.82, 2.24) is 5.32 Å². The summed E-state index contributed by atoms with van der Waals surface area (Å²) in [6.07, 6.45) is 0.716. The lowest BCUT2D eigenvalue weighted by Crippen LogP contribution is -2.72. The molecular weight excluding hydrogens is 446 g/mol. The minimum atomic E-state index is -2.63. The van der Waals surface area contributed by atoms with Gasteiger partial charge in [0, 0.05) is 17.8 Å². The number of aliphatic hydroxyl groups is 1. The summed E-state index contributed by atoms with van der Waals surface area (Å²) in [5.41, 5.74) is 1.73. The van der Waals surface area contributed by atoms with Gasteiger partial charge in [0.15, 0.2) is 0 Å². The fraction of sp³-hybridized carbons (Fsp3) is 0.194. The Kier molecular flexibility index (Phi) is 8.30. The Morgan fingerprint density at radius 2 is 1.20 bits per heavy atom. The van der Waals surface area contributed by atoms with Crippen LogP contribution in [0.1, 0.15) is 22.8 Å². The summed E-state index contributed by atoms with van der Waals surface area (Å²) in [6, 6.07) is 41.9. The number of nitrogens with one attached hydrogen (secondary N) is 1. The van der Waals surface area contributed by atoms with E-state index in [2.05, 4.69) is 85.0 Å². The molecule has 0 heterocycles. The molecule has 4 heteroatoms. The molecule has 3 nitrogen and oxygen atoms in total. The Labute approximate surface area is 209 Å². The zero-order valence-corrected chi connectivity index (χ0v) is 21.2. The molecule has 0 aliphatic heterocycles. The van der Waals surface area contributed by atoms with Gasteiger partial charge in [-0.3, -0.25) is 4.79 Å². The van der Waals surface area contributed by atoms with Crippen molar-refractivity contribution in [2.24, 2.45) is 5.92 Å². The SMILES string of the molecule is C[C@@H](CO)C[Si](c1ccccc1)(c1ccccc1)[C@@H](Cc1ccccc1)NC(=O)c1ccccc1. The van der Waals surface area contributed by atoms with E-state index in [9.17, 15) is 9.90 Å². The van der Waals surface area contributed by atoms with Crippen molar-refractivity contribution < 1.29 is 9.90 Å². The van der Waals surface area contributed by atoms with Crippen LogP contribution in [0.15, 0.2) is 121 Å². The van der Waals surface area contributed by atoms with Gasteiger partial charge in [0.05, 0.1) is 0 Å². The predicted molar refractivity (Wildman–Crippen MR) is 147 cm³/mol. The summed E-state index contributed by atoms with van der Waals surface area (Å²) in [4.78, 5) is 13.6. The molecule has 0 radical (unpaired) electrons. The number of hydrogen-bond acceptors (Lipinski definition) is 2. The van der Waals surface area contributed by atoms with Crippen LogP contribution in [-0.4, -0.2) is 31.4 Å². The van der Waals surface area contributed by atoms with Crippen LogP contribution in [0, 0.1) is 5.92 Å². The molecule has 178 valence electrons. The molecule has 1 amide bonds. The molecular formula is C31H33NO2Si. The average molecular weight is 480 g/mol. The van der Waals surface area contributed by atoms with E-state index >= 15 is 0 Å². The van der Waals surface area contributed by atoms with Crippen LogP contribution in [0.3, 0.4) is 0 Å². The minimum absolute atomic E-state index is 0.0630. The number of carbonyl (C=O) groups is 1. The van der Waals surface area contributed by atoms with E-state index in [-0.39, 0.29) is 24.1 Å². The lowest BCUT2D eigenvalue weighted by atomic mass is 10.1. The van der Waals surface area contributed by atoms with Crippen molar-refractivity contribution in [1.29, 1.82) is 0 Å². The second kappa shape index (κ2) is 11.8. The maximum Gasteiger partial charge on any atom is 0.251 e. The van der Waals surface area contributed by atoms with Gasteiger partial charge in [0.25, 0.3) is 5.91 Å². The molecule has 0 bridgehead atoms. The molecule has 0 saturated heterocycles. The maximum atomic E-state index is 13.6. The Morgan fingerprint density at radius 1 is 0.743 bits per heavy atom. The number of rotatable bonds is 10. The fourth-order valence-electron chi connectivity index (χ4n) is 5.06. The highest BCUT2D eigenvalue weighted by Gasteiger charge is 2.46. The van der Waals surface area contributed by atoms with Crippen LogP contribution >= 0.6 is 0 Å². The molecule has 4 aromatic carbocycles. The van der Waals surface area contributed by atoms with Gasteiger partial charge in [0.1, 0.15) is 8.07 Å². The van der Waals surface area contributed by atoms with Crippen molar-refractivity contribution in [3.63, 3.8) is 0 Å². The number of amides is 1. The Morgan fingerprint density at radius 3 is 1.69 bits per heavy atom. The van der Waals surface area contributed by atoms with Crippen molar-refractivity contribution in [3.05, 3.63) is 132 Å². The third kappa shape index (κ3) is 5.79. The smallest absolute Gasteiger partial charge is 0.251 e. The highest BCUT2D eigenvalue weighted by atomic mass is 28.3. The van der Waals surface area contributed by atoms with Gasteiger partial charge in [-0.2, -0.15) is 0 Å². The first-order chi connectivity index (χ1) is 17.1. The first-order valence-electron chi connectivity index (χ1n) is 12.2. The summed E-state index contributed by atoms with van der Waals surface area (Å²) in [5, 5.41) is 16.2. The molecule has 35 heavy (non-hydrogen) atoms. The van der Waals surface area contributed by atoms with Crippen LogP contribution in [-0.2, 0) is 6.42 Å². The molecule has 0 aliphatic rings. The van der Waals surface area contributed by atoms with Gasteiger partial charge < -0.3 is 10.4 Å². The van der Waals surface area contributed by atoms with E-state index in [1.807, 2.05) is 48.5 Å². The molecule has 4 rings (SSSR count). The molecule has 0 fully saturated rings. The molecule has 2 N–H and O–H groups in total. The highest BCUT2D eigenvalue weighted by Crippen LogP contribution is 2.25. The fourth-order valence-corrected chi connectivity index (χ4v) is 10.7. The van der Waals surface area contributed by atoms with Crippen LogP contribution in [0.2, 0.25) is 6.04 Å². The van der Waals surface area contributed by atoms with Crippen LogP contribution in [0.5, 0.6) is 0 Å². The summed E-state index contributed by atoms with van der Waals surface area (Å²) in [7, 11) is -2.63. The van der Waals surface area contributed by atoms with Crippen LogP contribution < -0.4 is 15.7 Å². The van der Waals surface area contributed by atoms with Gasteiger partial charge in [-0.1, -0.05) is 126 Å². The monoisotopic (exact) mass is 479 g/mol. The van der Waals surface area contributed by atoms with Gasteiger partial charge in [0.2, 0.25) is 0 Å². The van der Waals surface area contributed by atoms with E-state index in [1.54, 1.807) is 0 Å². The van der Waals surface area contributed by atoms with Gasteiger partial charge in [-0.15, -0.1) is 0 Å². The van der Waals surface area contributed by atoms with Crippen molar-refractivity contribution in [2.45, 2.75) is 25.1 Å². The summed E-state index contributed by atoms with van der Waals surface area (Å²) in [5.74, 6) is 0.0286. The lowest BCUT2D eigenvalue weighted by Gasteiger charge is -2.42. The highest BCUT2D eigenvalue weighted by molar-refractivity contribution is 7.03. The second-order valence-electron chi connectivity index (χ2n) is 9.28. The normalized spacial score (nSPS) is 13.1. The number of hydrogen-bond donors (Lipinski definition) is 2. The van der Waals surface area contributed by atoms with Gasteiger partial charge >= 0.3 is 0 Å². The quantitative estimate of drug-likeness (QED) is 0.330. The zero-order chi connectivity index (χ0) is 24.5.